The molecule has 216 valence electrons. The molecular weight excluding hydrogens is 521 g/mol. The summed E-state index contributed by atoms with van der Waals surface area (Å²) < 4.78 is 41.7. The molecule has 3 aromatic rings. The molecule has 0 bridgehead atoms. The van der Waals surface area contributed by atoms with Crippen LogP contribution in [-0.4, -0.2) is 49.2 Å². The largest absolute Gasteiger partial charge is 0.475 e. The van der Waals surface area contributed by atoms with Crippen molar-refractivity contribution >= 4 is 28.9 Å². The minimum absolute atomic E-state index is 0.0649. The summed E-state index contributed by atoms with van der Waals surface area (Å²) in [6.45, 7) is 7.48. The molecule has 1 aliphatic carbocycles. The fraction of sp³-hybridized carbons (Fsp3) is 0.586. The average molecular weight is 559 g/mol. The Morgan fingerprint density at radius 2 is 1.77 bits per heavy atom. The molecule has 0 spiro atoms. The standard InChI is InChI=1S/C29H37F3N6O2/c1-17(2)15-22-9-4-5-14-37(22)28-36-25-23(38(28)16-19-10-12-21(13-11-19)29(30,31)32)24(34-26(35-25)27(39)40)33-18(3)20-7-6-8-20/h10-13,17-18,20,22H,4-9,14-16H2,1-3H3,(H,39,40)(H,33,34,35)/t18-,22?/m1/s1. The molecule has 1 aliphatic heterocycles. The van der Waals surface area contributed by atoms with E-state index in [-0.39, 0.29) is 30.1 Å². The van der Waals surface area contributed by atoms with Gasteiger partial charge in [0.15, 0.2) is 11.5 Å². The molecule has 40 heavy (non-hydrogen) atoms. The highest BCUT2D eigenvalue weighted by Crippen LogP contribution is 2.36. The molecule has 1 saturated heterocycles. The molecule has 0 radical (unpaired) electrons. The predicted octanol–water partition coefficient (Wildman–Crippen LogP) is 6.60. The van der Waals surface area contributed by atoms with Crippen molar-refractivity contribution in [3.63, 3.8) is 0 Å². The monoisotopic (exact) mass is 558 g/mol. The smallest absolute Gasteiger partial charge is 0.416 e. The fourth-order valence-electron chi connectivity index (χ4n) is 5.90. The molecule has 2 aliphatic rings. The number of hydrogen-bond donors (Lipinski definition) is 2. The summed E-state index contributed by atoms with van der Waals surface area (Å²) in [5.41, 5.74) is 0.809. The molecule has 0 amide bonds. The number of piperidine rings is 1. The first-order valence-corrected chi connectivity index (χ1v) is 14.2. The second-order valence-electron chi connectivity index (χ2n) is 11.7. The zero-order chi connectivity index (χ0) is 28.6. The van der Waals surface area contributed by atoms with Crippen LogP contribution in [-0.2, 0) is 12.7 Å². The number of nitrogens with one attached hydrogen (secondary N) is 1. The van der Waals surface area contributed by atoms with Gasteiger partial charge in [-0.3, -0.25) is 0 Å². The number of carboxylic acids is 1. The number of halogens is 3. The van der Waals surface area contributed by atoms with E-state index in [1.165, 1.54) is 18.6 Å². The maximum absolute atomic E-state index is 13.2. The van der Waals surface area contributed by atoms with Gasteiger partial charge in [-0.15, -0.1) is 0 Å². The van der Waals surface area contributed by atoms with E-state index in [9.17, 15) is 23.1 Å². The Bertz CT molecular complexity index is 1350. The molecule has 1 aromatic carbocycles. The van der Waals surface area contributed by atoms with Crippen LogP contribution in [0.4, 0.5) is 24.9 Å². The minimum Gasteiger partial charge on any atom is -0.475 e. The molecule has 1 saturated carbocycles. The van der Waals surface area contributed by atoms with Crippen LogP contribution < -0.4 is 10.2 Å². The second-order valence-corrected chi connectivity index (χ2v) is 11.7. The highest BCUT2D eigenvalue weighted by atomic mass is 19.4. The third-order valence-corrected chi connectivity index (χ3v) is 8.24. The van der Waals surface area contributed by atoms with Crippen molar-refractivity contribution < 1.29 is 23.1 Å². The number of anilines is 2. The van der Waals surface area contributed by atoms with Crippen molar-refractivity contribution in [1.29, 1.82) is 0 Å². The summed E-state index contributed by atoms with van der Waals surface area (Å²) in [6, 6.07) is 5.46. The Hall–Kier alpha value is -3.37. The van der Waals surface area contributed by atoms with Gasteiger partial charge < -0.3 is 19.9 Å². The van der Waals surface area contributed by atoms with Crippen molar-refractivity contribution in [2.75, 3.05) is 16.8 Å². The van der Waals surface area contributed by atoms with Crippen molar-refractivity contribution in [1.82, 2.24) is 19.5 Å². The van der Waals surface area contributed by atoms with Crippen molar-refractivity contribution in [2.24, 2.45) is 11.8 Å². The van der Waals surface area contributed by atoms with Crippen LogP contribution in [0.3, 0.4) is 0 Å². The quantitative estimate of drug-likeness (QED) is 0.306. The van der Waals surface area contributed by atoms with Crippen LogP contribution in [0.25, 0.3) is 11.2 Å². The third kappa shape index (κ3) is 5.88. The number of alkyl halides is 3. The summed E-state index contributed by atoms with van der Waals surface area (Å²) in [5.74, 6) is 0.398. The van der Waals surface area contributed by atoms with Gasteiger partial charge in [0.25, 0.3) is 0 Å². The van der Waals surface area contributed by atoms with E-state index in [2.05, 4.69) is 41.0 Å². The molecule has 5 rings (SSSR count). The number of imidazole rings is 1. The van der Waals surface area contributed by atoms with E-state index in [1.54, 1.807) is 0 Å². The van der Waals surface area contributed by atoms with E-state index in [1.807, 2.05) is 4.57 Å². The van der Waals surface area contributed by atoms with Gasteiger partial charge in [0.05, 0.1) is 12.1 Å². The summed E-state index contributed by atoms with van der Waals surface area (Å²) >= 11 is 0. The Balaban J connectivity index is 1.65. The van der Waals surface area contributed by atoms with E-state index < -0.39 is 17.7 Å². The van der Waals surface area contributed by atoms with Crippen LogP contribution in [0, 0.1) is 11.8 Å². The number of hydrogen-bond acceptors (Lipinski definition) is 6. The summed E-state index contributed by atoms with van der Waals surface area (Å²) in [4.78, 5) is 27.8. The van der Waals surface area contributed by atoms with Crippen molar-refractivity contribution in [3.8, 4) is 0 Å². The van der Waals surface area contributed by atoms with Gasteiger partial charge in [-0.1, -0.05) is 32.4 Å². The number of benzene rings is 1. The lowest BCUT2D eigenvalue weighted by atomic mass is 9.80. The van der Waals surface area contributed by atoms with Crippen LogP contribution in [0.1, 0.15) is 87.5 Å². The van der Waals surface area contributed by atoms with Crippen molar-refractivity contribution in [2.45, 2.75) is 90.5 Å². The first kappa shape index (κ1) is 28.2. The second kappa shape index (κ2) is 11.2. The summed E-state index contributed by atoms with van der Waals surface area (Å²) in [7, 11) is 0. The first-order valence-electron chi connectivity index (χ1n) is 14.2. The van der Waals surface area contributed by atoms with Crippen LogP contribution >= 0.6 is 0 Å². The van der Waals surface area contributed by atoms with E-state index in [0.717, 1.165) is 57.2 Å². The minimum atomic E-state index is -4.42. The van der Waals surface area contributed by atoms with Crippen LogP contribution in [0.5, 0.6) is 0 Å². The van der Waals surface area contributed by atoms with Crippen LogP contribution in [0.2, 0.25) is 0 Å². The molecule has 1 unspecified atom stereocenters. The molecule has 2 atom stereocenters. The van der Waals surface area contributed by atoms with Gasteiger partial charge >= 0.3 is 12.1 Å². The van der Waals surface area contributed by atoms with Gasteiger partial charge in [-0.25, -0.2) is 14.8 Å². The molecular formula is C29H37F3N6O2. The van der Waals surface area contributed by atoms with Crippen molar-refractivity contribution in [3.05, 3.63) is 41.2 Å². The van der Waals surface area contributed by atoms with E-state index >= 15 is 0 Å². The van der Waals surface area contributed by atoms with Gasteiger partial charge in [0.1, 0.15) is 5.52 Å². The van der Waals surface area contributed by atoms with E-state index in [0.29, 0.717) is 34.7 Å². The lowest BCUT2D eigenvalue weighted by molar-refractivity contribution is -0.137. The van der Waals surface area contributed by atoms with Crippen LogP contribution in [0.15, 0.2) is 24.3 Å². The molecule has 11 heteroatoms. The topological polar surface area (TPSA) is 96.2 Å². The summed E-state index contributed by atoms with van der Waals surface area (Å²) in [5, 5.41) is 13.2. The Labute approximate surface area is 232 Å². The lowest BCUT2D eigenvalue weighted by Gasteiger charge is -2.38. The first-order chi connectivity index (χ1) is 19.0. The molecule has 3 heterocycles. The zero-order valence-corrected chi connectivity index (χ0v) is 23.2. The number of carbonyl (C=O) groups is 1. The Morgan fingerprint density at radius 1 is 1.05 bits per heavy atom. The number of carboxylic acid groups (broad SMARTS) is 1. The zero-order valence-electron chi connectivity index (χ0n) is 23.2. The maximum Gasteiger partial charge on any atom is 0.416 e. The molecule has 2 aromatic heterocycles. The SMILES string of the molecule is CC(C)CC1CCCCN1c1nc2nc(C(=O)O)nc(N[C@H](C)C3CCC3)c2n1Cc1ccc(C(F)(F)F)cc1. The predicted molar refractivity (Wildman–Crippen MR) is 148 cm³/mol. The number of aromatic carboxylic acids is 1. The fourth-order valence-corrected chi connectivity index (χ4v) is 5.90. The van der Waals surface area contributed by atoms with Gasteiger partial charge in [-0.05, 0) is 75.0 Å². The Morgan fingerprint density at radius 3 is 2.38 bits per heavy atom. The van der Waals surface area contributed by atoms with Gasteiger partial charge in [0.2, 0.25) is 11.8 Å². The average Bonchev–Trinajstić information content (AvgIpc) is 3.21. The summed E-state index contributed by atoms with van der Waals surface area (Å²) in [6.07, 6.45) is 3.02. The number of rotatable bonds is 9. The highest BCUT2D eigenvalue weighted by Gasteiger charge is 2.32. The molecule has 2 N–H and O–H groups in total. The number of aromatic nitrogens is 4. The van der Waals surface area contributed by atoms with E-state index in [4.69, 9.17) is 4.98 Å². The highest BCUT2D eigenvalue weighted by molar-refractivity contribution is 5.91. The third-order valence-electron chi connectivity index (χ3n) is 8.24. The Kier molecular flexibility index (Phi) is 7.92. The number of fused-ring (bicyclic) bond motifs is 1. The molecule has 8 nitrogen and oxygen atoms in total. The van der Waals surface area contributed by atoms with Gasteiger partial charge in [-0.2, -0.15) is 18.2 Å². The lowest BCUT2D eigenvalue weighted by Crippen LogP contribution is -2.42. The molecule has 2 fully saturated rings. The maximum atomic E-state index is 13.2. The number of nitrogens with zero attached hydrogens (tertiary/aromatic N) is 5. The van der Waals surface area contributed by atoms with Gasteiger partial charge in [0, 0.05) is 18.6 Å². The normalized spacial score (nSPS) is 19.2.